The molecular weight excluding hydrogens is 457 g/mol. The van der Waals surface area contributed by atoms with E-state index >= 15 is 4.39 Å². The van der Waals surface area contributed by atoms with Crippen LogP contribution in [0, 0.1) is 5.82 Å². The lowest BCUT2D eigenvalue weighted by Crippen LogP contribution is -2.46. The topological polar surface area (TPSA) is 31.1 Å². The normalized spacial score (nSPS) is 20.4. The van der Waals surface area contributed by atoms with E-state index in [2.05, 4.69) is 79.3 Å². The maximum absolute atomic E-state index is 16.3. The number of hydrogen-bond acceptors (Lipinski definition) is 2. The van der Waals surface area contributed by atoms with Crippen LogP contribution < -0.4 is 5.32 Å². The van der Waals surface area contributed by atoms with Gasteiger partial charge in [0, 0.05) is 46.5 Å². The minimum absolute atomic E-state index is 0.0786. The van der Waals surface area contributed by atoms with Gasteiger partial charge in [-0.1, -0.05) is 76.3 Å². The summed E-state index contributed by atoms with van der Waals surface area (Å²) in [5.41, 5.74) is 8.02. The summed E-state index contributed by atoms with van der Waals surface area (Å²) in [6.45, 7) is 9.82. The van der Waals surface area contributed by atoms with Crippen LogP contribution in [0.1, 0.15) is 101 Å². The molecule has 3 unspecified atom stereocenters. The van der Waals surface area contributed by atoms with E-state index in [1.807, 2.05) is 0 Å². The zero-order valence-corrected chi connectivity index (χ0v) is 23.2. The molecule has 198 valence electrons. The number of hydrogen-bond donors (Lipinski definition) is 2. The Bertz CT molecular complexity index is 1260. The summed E-state index contributed by atoms with van der Waals surface area (Å²) in [5.74, 6) is -0.0786. The summed E-state index contributed by atoms with van der Waals surface area (Å²) in [6.07, 6.45) is 12.4. The highest BCUT2D eigenvalue weighted by atomic mass is 19.1. The van der Waals surface area contributed by atoms with Crippen LogP contribution in [0.5, 0.6) is 0 Å². The van der Waals surface area contributed by atoms with Crippen LogP contribution in [-0.2, 0) is 12.8 Å². The van der Waals surface area contributed by atoms with Crippen molar-refractivity contribution in [2.75, 3.05) is 11.9 Å². The van der Waals surface area contributed by atoms with Crippen LogP contribution >= 0.6 is 0 Å². The van der Waals surface area contributed by atoms with Crippen LogP contribution in [0.3, 0.4) is 0 Å². The van der Waals surface area contributed by atoms with Gasteiger partial charge in [-0.05, 0) is 68.4 Å². The quantitative estimate of drug-likeness (QED) is 0.203. The molecule has 5 rings (SSSR count). The summed E-state index contributed by atoms with van der Waals surface area (Å²) < 4.78 is 16.3. The molecule has 4 heteroatoms. The van der Waals surface area contributed by atoms with Crippen molar-refractivity contribution in [3.8, 4) is 0 Å². The largest absolute Gasteiger partial charge is 0.382 e. The summed E-state index contributed by atoms with van der Waals surface area (Å²) in [5, 5.41) is 4.97. The third kappa shape index (κ3) is 5.10. The van der Waals surface area contributed by atoms with E-state index in [1.165, 1.54) is 47.9 Å². The first-order valence-corrected chi connectivity index (χ1v) is 14.7. The summed E-state index contributed by atoms with van der Waals surface area (Å²) >= 11 is 0. The maximum atomic E-state index is 16.3. The van der Waals surface area contributed by atoms with Crippen molar-refractivity contribution in [3.63, 3.8) is 0 Å². The Hall–Kier alpha value is -2.59. The Morgan fingerprint density at radius 1 is 1.11 bits per heavy atom. The van der Waals surface area contributed by atoms with E-state index in [0.717, 1.165) is 61.0 Å². The standard InChI is InChI=1S/C33H44FN3/c1-5-8-9-10-13-24(7-3)35-25-20-23(6-2)31(28(34)21-25)33-32-27(26-14-11-12-15-29(26)36-32)18-19-37(33)30-17-16-22(30)4/h11-12,14-16,20-21,24,30,33,35-36H,5-10,13,17-19H2,1-4H3. The molecule has 0 radical (unpaired) electrons. The predicted octanol–water partition coefficient (Wildman–Crippen LogP) is 8.70. The SMILES string of the molecule is CCCCCCC(CC)Nc1cc(F)c(C2c3[nH]c4ccccc4c3CCN2C2CC=C2C)c(CC)c1. The van der Waals surface area contributed by atoms with E-state index in [-0.39, 0.29) is 11.9 Å². The third-order valence-electron chi connectivity index (χ3n) is 8.80. The molecule has 3 aromatic rings. The number of nitrogens with one attached hydrogen (secondary N) is 2. The number of rotatable bonds is 11. The molecule has 1 aromatic heterocycles. The van der Waals surface area contributed by atoms with Gasteiger partial charge in [0.15, 0.2) is 0 Å². The Balaban J connectivity index is 1.52. The summed E-state index contributed by atoms with van der Waals surface area (Å²) in [4.78, 5) is 6.29. The van der Waals surface area contributed by atoms with Crippen LogP contribution in [0.2, 0.25) is 0 Å². The average Bonchev–Trinajstić information content (AvgIpc) is 3.28. The summed E-state index contributed by atoms with van der Waals surface area (Å²) in [7, 11) is 0. The predicted molar refractivity (Wildman–Crippen MR) is 155 cm³/mol. The second-order valence-electron chi connectivity index (χ2n) is 11.1. The van der Waals surface area contributed by atoms with Gasteiger partial charge in [0.05, 0.1) is 6.04 Å². The number of H-pyrrole nitrogens is 1. The molecule has 3 atom stereocenters. The highest BCUT2D eigenvalue weighted by Gasteiger charge is 2.39. The first-order chi connectivity index (χ1) is 18.0. The molecule has 0 bridgehead atoms. The Labute approximate surface area is 222 Å². The number of benzene rings is 2. The van der Waals surface area contributed by atoms with Crippen molar-refractivity contribution >= 4 is 16.6 Å². The molecular formula is C33H44FN3. The molecule has 37 heavy (non-hydrogen) atoms. The number of halogens is 1. The van der Waals surface area contributed by atoms with Crippen molar-refractivity contribution in [2.45, 2.75) is 104 Å². The number of nitrogens with zero attached hydrogens (tertiary/aromatic N) is 1. The number of anilines is 1. The van der Waals surface area contributed by atoms with Gasteiger partial charge in [0.25, 0.3) is 0 Å². The van der Waals surface area contributed by atoms with E-state index in [1.54, 1.807) is 6.07 Å². The van der Waals surface area contributed by atoms with E-state index in [4.69, 9.17) is 0 Å². The van der Waals surface area contributed by atoms with Crippen LogP contribution in [0.25, 0.3) is 10.9 Å². The first-order valence-electron chi connectivity index (χ1n) is 14.7. The molecule has 3 nitrogen and oxygen atoms in total. The lowest BCUT2D eigenvalue weighted by Gasteiger charge is -2.45. The molecule has 1 aliphatic heterocycles. The number of para-hydroxylation sites is 1. The average molecular weight is 502 g/mol. The van der Waals surface area contributed by atoms with Crippen molar-refractivity contribution in [2.24, 2.45) is 0 Å². The van der Waals surface area contributed by atoms with E-state index in [0.29, 0.717) is 12.1 Å². The number of unbranched alkanes of at least 4 members (excludes halogenated alkanes) is 3. The third-order valence-corrected chi connectivity index (χ3v) is 8.80. The van der Waals surface area contributed by atoms with Crippen molar-refractivity contribution < 1.29 is 4.39 Å². The van der Waals surface area contributed by atoms with Gasteiger partial charge < -0.3 is 10.3 Å². The van der Waals surface area contributed by atoms with Crippen LogP contribution in [-0.4, -0.2) is 28.5 Å². The van der Waals surface area contributed by atoms with Gasteiger partial charge in [-0.2, -0.15) is 0 Å². The molecule has 0 amide bonds. The zero-order chi connectivity index (χ0) is 25.9. The van der Waals surface area contributed by atoms with Gasteiger partial charge in [0.2, 0.25) is 0 Å². The van der Waals surface area contributed by atoms with Gasteiger partial charge in [-0.3, -0.25) is 4.90 Å². The van der Waals surface area contributed by atoms with Gasteiger partial charge >= 0.3 is 0 Å². The van der Waals surface area contributed by atoms with Gasteiger partial charge in [0.1, 0.15) is 5.82 Å². The van der Waals surface area contributed by atoms with Crippen molar-refractivity contribution in [3.05, 3.63) is 76.2 Å². The van der Waals surface area contributed by atoms with Crippen molar-refractivity contribution in [1.29, 1.82) is 0 Å². The molecule has 0 saturated carbocycles. The molecule has 0 saturated heterocycles. The highest BCUT2D eigenvalue weighted by Crippen LogP contribution is 2.44. The smallest absolute Gasteiger partial charge is 0.130 e. The zero-order valence-electron chi connectivity index (χ0n) is 23.2. The van der Waals surface area contributed by atoms with Crippen molar-refractivity contribution in [1.82, 2.24) is 9.88 Å². The Kier molecular flexibility index (Phi) is 8.04. The second-order valence-corrected chi connectivity index (χ2v) is 11.1. The monoisotopic (exact) mass is 501 g/mol. The summed E-state index contributed by atoms with van der Waals surface area (Å²) in [6, 6.07) is 13.2. The fraction of sp³-hybridized carbons (Fsp3) is 0.515. The Morgan fingerprint density at radius 3 is 2.65 bits per heavy atom. The molecule has 2 heterocycles. The molecule has 0 spiro atoms. The maximum Gasteiger partial charge on any atom is 0.130 e. The van der Waals surface area contributed by atoms with Gasteiger partial charge in [-0.15, -0.1) is 0 Å². The minimum Gasteiger partial charge on any atom is -0.382 e. The lowest BCUT2D eigenvalue weighted by molar-refractivity contribution is 0.150. The molecule has 2 N–H and O–H groups in total. The molecule has 0 fully saturated rings. The van der Waals surface area contributed by atoms with Crippen LogP contribution in [0.15, 0.2) is 48.0 Å². The van der Waals surface area contributed by atoms with Crippen LogP contribution in [0.4, 0.5) is 10.1 Å². The van der Waals surface area contributed by atoms with E-state index in [9.17, 15) is 0 Å². The number of aromatic amines is 1. The second kappa shape index (κ2) is 11.4. The number of aromatic nitrogens is 1. The first kappa shape index (κ1) is 26.0. The lowest BCUT2D eigenvalue weighted by atomic mass is 9.83. The fourth-order valence-electron chi connectivity index (χ4n) is 6.55. The highest BCUT2D eigenvalue weighted by molar-refractivity contribution is 5.85. The number of aryl methyl sites for hydroxylation is 1. The van der Waals surface area contributed by atoms with Gasteiger partial charge in [-0.25, -0.2) is 4.39 Å². The minimum atomic E-state index is -0.0928. The number of fused-ring (bicyclic) bond motifs is 3. The Morgan fingerprint density at radius 2 is 1.95 bits per heavy atom. The molecule has 2 aliphatic rings. The molecule has 1 aliphatic carbocycles. The molecule has 2 aromatic carbocycles. The fourth-order valence-corrected chi connectivity index (χ4v) is 6.55. The van der Waals surface area contributed by atoms with E-state index < -0.39 is 0 Å².